The van der Waals surface area contributed by atoms with E-state index in [0.717, 1.165) is 56.1 Å². The topological polar surface area (TPSA) is 61.4 Å². The van der Waals surface area contributed by atoms with E-state index in [-0.39, 0.29) is 5.91 Å². The second kappa shape index (κ2) is 6.21. The highest BCUT2D eigenvalue weighted by atomic mass is 32.1. The SMILES string of the molecule is O=C(CN1CCN(c2ncnc3sc4c(c23)CCC4)CC1)NC1CC1. The number of hydrogen-bond donors (Lipinski definition) is 1. The van der Waals surface area contributed by atoms with E-state index in [2.05, 4.69) is 25.1 Å². The fourth-order valence-electron chi connectivity index (χ4n) is 3.97. The summed E-state index contributed by atoms with van der Waals surface area (Å²) in [6.07, 6.45) is 7.62. The number of amides is 1. The summed E-state index contributed by atoms with van der Waals surface area (Å²) in [5, 5.41) is 4.37. The molecule has 0 aromatic carbocycles. The fourth-order valence-corrected chi connectivity index (χ4v) is 5.20. The minimum Gasteiger partial charge on any atom is -0.353 e. The van der Waals surface area contributed by atoms with Gasteiger partial charge in [-0.1, -0.05) is 0 Å². The summed E-state index contributed by atoms with van der Waals surface area (Å²) < 4.78 is 0. The van der Waals surface area contributed by atoms with Gasteiger partial charge in [-0.15, -0.1) is 11.3 Å². The average Bonchev–Trinajstić information content (AvgIpc) is 3.17. The molecule has 3 aliphatic rings. The predicted octanol–water partition coefficient (Wildman–Crippen LogP) is 1.58. The fraction of sp³-hybridized carbons (Fsp3) is 0.611. The first-order chi connectivity index (χ1) is 12.3. The molecule has 1 amide bonds. The Bertz CT molecular complexity index is 807. The maximum absolute atomic E-state index is 12.0. The zero-order valence-corrected chi connectivity index (χ0v) is 15.1. The largest absolute Gasteiger partial charge is 0.353 e. The molecule has 1 aliphatic heterocycles. The van der Waals surface area contributed by atoms with Crippen molar-refractivity contribution in [3.63, 3.8) is 0 Å². The third-order valence-electron chi connectivity index (χ3n) is 5.46. The number of aryl methyl sites for hydroxylation is 2. The molecular formula is C18H23N5OS. The van der Waals surface area contributed by atoms with Crippen molar-refractivity contribution in [2.45, 2.75) is 38.1 Å². The van der Waals surface area contributed by atoms with Gasteiger partial charge in [0.1, 0.15) is 17.0 Å². The molecule has 1 N–H and O–H groups in total. The van der Waals surface area contributed by atoms with Gasteiger partial charge in [-0.2, -0.15) is 0 Å². The molecule has 0 atom stereocenters. The minimum atomic E-state index is 0.177. The summed E-state index contributed by atoms with van der Waals surface area (Å²) in [5.41, 5.74) is 1.49. The van der Waals surface area contributed by atoms with Crippen molar-refractivity contribution in [3.05, 3.63) is 16.8 Å². The first-order valence-electron chi connectivity index (χ1n) is 9.30. The Balaban J connectivity index is 1.29. The van der Waals surface area contributed by atoms with Crippen LogP contribution in [0.15, 0.2) is 6.33 Å². The summed E-state index contributed by atoms with van der Waals surface area (Å²) in [6.45, 7) is 4.20. The van der Waals surface area contributed by atoms with Crippen molar-refractivity contribution >= 4 is 33.3 Å². The third kappa shape index (κ3) is 3.00. The van der Waals surface area contributed by atoms with Crippen LogP contribution in [-0.2, 0) is 17.6 Å². The quantitative estimate of drug-likeness (QED) is 0.900. The van der Waals surface area contributed by atoms with Crippen molar-refractivity contribution in [3.8, 4) is 0 Å². The van der Waals surface area contributed by atoms with Gasteiger partial charge in [-0.25, -0.2) is 9.97 Å². The summed E-state index contributed by atoms with van der Waals surface area (Å²) in [6, 6.07) is 0.448. The molecule has 132 valence electrons. The Morgan fingerprint density at radius 2 is 2.04 bits per heavy atom. The smallest absolute Gasteiger partial charge is 0.234 e. The van der Waals surface area contributed by atoms with E-state index in [0.29, 0.717) is 12.6 Å². The summed E-state index contributed by atoms with van der Waals surface area (Å²) in [7, 11) is 0. The van der Waals surface area contributed by atoms with Crippen LogP contribution in [0.1, 0.15) is 29.7 Å². The molecule has 3 heterocycles. The molecule has 0 unspecified atom stereocenters. The maximum Gasteiger partial charge on any atom is 0.234 e. The van der Waals surface area contributed by atoms with Crippen LogP contribution in [0.4, 0.5) is 5.82 Å². The number of hydrogen-bond acceptors (Lipinski definition) is 6. The molecule has 7 heteroatoms. The molecule has 2 aliphatic carbocycles. The van der Waals surface area contributed by atoms with Crippen LogP contribution in [0.25, 0.3) is 10.2 Å². The van der Waals surface area contributed by atoms with E-state index >= 15 is 0 Å². The molecule has 1 saturated heterocycles. The van der Waals surface area contributed by atoms with E-state index in [4.69, 9.17) is 0 Å². The molecule has 0 radical (unpaired) electrons. The lowest BCUT2D eigenvalue weighted by Crippen LogP contribution is -2.50. The van der Waals surface area contributed by atoms with Crippen molar-refractivity contribution < 1.29 is 4.79 Å². The van der Waals surface area contributed by atoms with Crippen molar-refractivity contribution in [2.75, 3.05) is 37.6 Å². The van der Waals surface area contributed by atoms with Crippen LogP contribution >= 0.6 is 11.3 Å². The highest BCUT2D eigenvalue weighted by Gasteiger charge is 2.27. The van der Waals surface area contributed by atoms with Gasteiger partial charge in [0, 0.05) is 37.1 Å². The number of nitrogens with zero attached hydrogens (tertiary/aromatic N) is 4. The molecule has 2 fully saturated rings. The second-order valence-electron chi connectivity index (χ2n) is 7.34. The number of fused-ring (bicyclic) bond motifs is 3. The molecule has 6 nitrogen and oxygen atoms in total. The van der Waals surface area contributed by atoms with Gasteiger partial charge in [0.2, 0.25) is 5.91 Å². The number of aromatic nitrogens is 2. The standard InChI is InChI=1S/C18H23N5OS/c24-15(21-12-4-5-12)10-22-6-8-23(9-7-22)17-16-13-2-1-3-14(13)25-18(16)20-11-19-17/h11-12H,1-10H2,(H,21,24). The average molecular weight is 357 g/mol. The van der Waals surface area contributed by atoms with Crippen molar-refractivity contribution in [1.82, 2.24) is 20.2 Å². The Morgan fingerprint density at radius 3 is 2.84 bits per heavy atom. The molecule has 0 bridgehead atoms. The van der Waals surface area contributed by atoms with Crippen molar-refractivity contribution in [2.24, 2.45) is 0 Å². The van der Waals surface area contributed by atoms with Gasteiger partial charge >= 0.3 is 0 Å². The first kappa shape index (κ1) is 15.5. The number of carbonyl (C=O) groups is 1. The first-order valence-corrected chi connectivity index (χ1v) is 10.1. The predicted molar refractivity (Wildman–Crippen MR) is 99.3 cm³/mol. The number of piperazine rings is 1. The molecule has 5 rings (SSSR count). The molecule has 25 heavy (non-hydrogen) atoms. The highest BCUT2D eigenvalue weighted by molar-refractivity contribution is 7.19. The molecular weight excluding hydrogens is 334 g/mol. The summed E-state index contributed by atoms with van der Waals surface area (Å²) in [5.74, 6) is 1.28. The van der Waals surface area contributed by atoms with E-state index in [1.165, 1.54) is 28.7 Å². The van der Waals surface area contributed by atoms with E-state index in [9.17, 15) is 4.79 Å². The number of rotatable bonds is 4. The zero-order chi connectivity index (χ0) is 16.8. The number of carbonyl (C=O) groups excluding carboxylic acids is 1. The molecule has 1 saturated carbocycles. The van der Waals surface area contributed by atoms with Crippen LogP contribution in [0.3, 0.4) is 0 Å². The van der Waals surface area contributed by atoms with Gasteiger partial charge in [-0.05, 0) is 37.7 Å². The van der Waals surface area contributed by atoms with Crippen LogP contribution < -0.4 is 10.2 Å². The number of nitrogens with one attached hydrogen (secondary N) is 1. The molecule has 2 aromatic heterocycles. The van der Waals surface area contributed by atoms with Gasteiger partial charge in [0.05, 0.1) is 11.9 Å². The minimum absolute atomic E-state index is 0.177. The monoisotopic (exact) mass is 357 g/mol. The van der Waals surface area contributed by atoms with Crippen LogP contribution in [0, 0.1) is 0 Å². The van der Waals surface area contributed by atoms with Gasteiger partial charge in [0.15, 0.2) is 0 Å². The van der Waals surface area contributed by atoms with Gasteiger partial charge in [0.25, 0.3) is 0 Å². The zero-order valence-electron chi connectivity index (χ0n) is 14.3. The van der Waals surface area contributed by atoms with Crippen molar-refractivity contribution in [1.29, 1.82) is 0 Å². The molecule has 2 aromatic rings. The summed E-state index contributed by atoms with van der Waals surface area (Å²) in [4.78, 5) is 28.4. The normalized spacial score (nSPS) is 20.9. The van der Waals surface area contributed by atoms with Crippen LogP contribution in [-0.4, -0.2) is 59.5 Å². The summed E-state index contributed by atoms with van der Waals surface area (Å²) >= 11 is 1.84. The van der Waals surface area contributed by atoms with E-state index in [1.807, 2.05) is 11.3 Å². The van der Waals surface area contributed by atoms with Crippen LogP contribution in [0.5, 0.6) is 0 Å². The highest BCUT2D eigenvalue weighted by Crippen LogP contribution is 2.40. The molecule has 0 spiro atoms. The van der Waals surface area contributed by atoms with Gasteiger partial charge < -0.3 is 10.2 Å². The Hall–Kier alpha value is -1.73. The van der Waals surface area contributed by atoms with Gasteiger partial charge in [-0.3, -0.25) is 9.69 Å². The maximum atomic E-state index is 12.0. The lowest BCUT2D eigenvalue weighted by molar-refractivity contribution is -0.122. The van der Waals surface area contributed by atoms with E-state index in [1.54, 1.807) is 6.33 Å². The second-order valence-corrected chi connectivity index (χ2v) is 8.42. The number of anilines is 1. The van der Waals surface area contributed by atoms with E-state index < -0.39 is 0 Å². The Morgan fingerprint density at radius 1 is 1.20 bits per heavy atom. The Kier molecular flexibility index (Phi) is 3.86. The lowest BCUT2D eigenvalue weighted by Gasteiger charge is -2.35. The lowest BCUT2D eigenvalue weighted by atomic mass is 10.1. The van der Waals surface area contributed by atoms with Crippen LogP contribution in [0.2, 0.25) is 0 Å². The number of thiophene rings is 1. The Labute approximate surface area is 151 Å². The third-order valence-corrected chi connectivity index (χ3v) is 6.66.